The molecule has 1 N–H and O–H groups in total. The Kier molecular flexibility index (Phi) is 5.13. The zero-order valence-electron chi connectivity index (χ0n) is 14.9. The molecule has 2 heterocycles. The number of benzene rings is 2. The van der Waals surface area contributed by atoms with Crippen LogP contribution in [0.2, 0.25) is 10.0 Å². The average molecular weight is 429 g/mol. The maximum absolute atomic E-state index is 12.8. The first-order valence-corrected chi connectivity index (χ1v) is 9.43. The first-order valence-electron chi connectivity index (χ1n) is 8.67. The van der Waals surface area contributed by atoms with Gasteiger partial charge >= 0.3 is 5.97 Å². The minimum absolute atomic E-state index is 0.0626. The molecular weight excluding hydrogens is 415 g/mol. The molecule has 0 fully saturated rings. The molecule has 1 amide bonds. The van der Waals surface area contributed by atoms with Crippen molar-refractivity contribution in [3.8, 4) is 0 Å². The number of para-hydroxylation sites is 1. The third-order valence-corrected chi connectivity index (χ3v) is 5.13. The topological polar surface area (TPSA) is 77.4 Å². The molecule has 4 rings (SSSR count). The summed E-state index contributed by atoms with van der Waals surface area (Å²) in [5.41, 5.74) is 2.07. The van der Waals surface area contributed by atoms with Crippen molar-refractivity contribution in [2.24, 2.45) is 0 Å². The van der Waals surface area contributed by atoms with Crippen LogP contribution in [0, 0.1) is 0 Å². The van der Waals surface area contributed by atoms with E-state index in [-0.39, 0.29) is 17.9 Å². The molecule has 0 radical (unpaired) electrons. The van der Waals surface area contributed by atoms with Crippen molar-refractivity contribution >= 4 is 51.8 Å². The molecule has 8 heteroatoms. The minimum atomic E-state index is -0.835. The number of carbonyl (C=O) groups excluding carboxylic acids is 3. The van der Waals surface area contributed by atoms with E-state index in [1.54, 1.807) is 36.5 Å². The van der Waals surface area contributed by atoms with Gasteiger partial charge in [-0.1, -0.05) is 41.4 Å². The number of nitrogens with zero attached hydrogens (tertiary/aromatic N) is 1. The summed E-state index contributed by atoms with van der Waals surface area (Å²) in [5, 5.41) is 4.17. The van der Waals surface area contributed by atoms with Crippen LogP contribution in [-0.2, 0) is 20.9 Å². The van der Waals surface area contributed by atoms with Gasteiger partial charge in [-0.3, -0.25) is 9.59 Å². The van der Waals surface area contributed by atoms with Crippen molar-refractivity contribution in [2.75, 3.05) is 6.61 Å². The van der Waals surface area contributed by atoms with E-state index in [1.807, 2.05) is 16.7 Å². The fraction of sp³-hybridized carbons (Fsp3) is 0.0952. The maximum atomic E-state index is 12.8. The van der Waals surface area contributed by atoms with Crippen molar-refractivity contribution in [2.45, 2.75) is 6.54 Å². The van der Waals surface area contributed by atoms with E-state index >= 15 is 0 Å². The molecule has 6 nitrogen and oxygen atoms in total. The number of halogens is 2. The number of ketones is 1. The van der Waals surface area contributed by atoms with Crippen LogP contribution < -0.4 is 5.32 Å². The van der Waals surface area contributed by atoms with Crippen molar-refractivity contribution in [3.05, 3.63) is 81.6 Å². The van der Waals surface area contributed by atoms with Crippen LogP contribution in [0.25, 0.3) is 10.9 Å². The molecule has 0 unspecified atom stereocenters. The number of ether oxygens (including phenoxy) is 1. The van der Waals surface area contributed by atoms with Gasteiger partial charge in [0, 0.05) is 39.8 Å². The number of hydrogen-bond acceptors (Lipinski definition) is 4. The number of nitrogens with one attached hydrogen (secondary N) is 1. The number of fused-ring (bicyclic) bond motifs is 1. The molecule has 29 heavy (non-hydrogen) atoms. The van der Waals surface area contributed by atoms with Crippen LogP contribution in [0.5, 0.6) is 0 Å². The molecule has 1 aliphatic rings. The Morgan fingerprint density at radius 1 is 1.14 bits per heavy atom. The van der Waals surface area contributed by atoms with Crippen LogP contribution in [-0.4, -0.2) is 28.8 Å². The monoisotopic (exact) mass is 428 g/mol. The first-order chi connectivity index (χ1) is 13.9. The second-order valence-corrected chi connectivity index (χ2v) is 7.33. The molecule has 2 aromatic carbocycles. The lowest BCUT2D eigenvalue weighted by molar-refractivity contribution is -0.135. The normalized spacial score (nSPS) is 13.3. The Labute approximate surface area is 175 Å². The number of rotatable bonds is 5. The van der Waals surface area contributed by atoms with Gasteiger partial charge in [-0.25, -0.2) is 4.79 Å². The maximum Gasteiger partial charge on any atom is 0.333 e. The quantitative estimate of drug-likeness (QED) is 0.381. The number of carbonyl (C=O) groups is 3. The van der Waals surface area contributed by atoms with E-state index in [1.165, 1.54) is 0 Å². The van der Waals surface area contributed by atoms with Crippen molar-refractivity contribution < 1.29 is 19.1 Å². The van der Waals surface area contributed by atoms with Crippen LogP contribution >= 0.6 is 23.2 Å². The molecule has 0 aliphatic carbocycles. The highest BCUT2D eigenvalue weighted by molar-refractivity contribution is 6.45. The number of Topliss-reactive ketones (excluding diaryl/α,β-unsaturated/α-hetero) is 1. The molecular formula is C21H14Cl2N2O4. The van der Waals surface area contributed by atoms with Gasteiger partial charge in [-0.05, 0) is 29.8 Å². The lowest BCUT2D eigenvalue weighted by atomic mass is 10.1. The van der Waals surface area contributed by atoms with E-state index in [2.05, 4.69) is 5.32 Å². The largest absolute Gasteiger partial charge is 0.456 e. The van der Waals surface area contributed by atoms with Gasteiger partial charge in [-0.15, -0.1) is 0 Å². The fourth-order valence-corrected chi connectivity index (χ4v) is 3.55. The Balaban J connectivity index is 1.67. The van der Waals surface area contributed by atoms with E-state index < -0.39 is 17.7 Å². The third kappa shape index (κ3) is 3.90. The van der Waals surface area contributed by atoms with Gasteiger partial charge in [-0.2, -0.15) is 0 Å². The predicted octanol–water partition coefficient (Wildman–Crippen LogP) is 3.74. The number of hydrogen-bond donors (Lipinski definition) is 1. The summed E-state index contributed by atoms with van der Waals surface area (Å²) >= 11 is 12.4. The third-order valence-electron chi connectivity index (χ3n) is 4.52. The van der Waals surface area contributed by atoms with Crippen LogP contribution in [0.3, 0.4) is 0 Å². The van der Waals surface area contributed by atoms with Crippen molar-refractivity contribution in [3.63, 3.8) is 0 Å². The van der Waals surface area contributed by atoms with Gasteiger partial charge in [0.2, 0.25) is 0 Å². The molecule has 0 saturated heterocycles. The van der Waals surface area contributed by atoms with Crippen molar-refractivity contribution in [1.82, 2.24) is 9.88 Å². The molecule has 0 bridgehead atoms. The molecule has 0 atom stereocenters. The van der Waals surface area contributed by atoms with Gasteiger partial charge < -0.3 is 14.6 Å². The fourth-order valence-electron chi connectivity index (χ4n) is 3.18. The average Bonchev–Trinajstić information content (AvgIpc) is 3.28. The Morgan fingerprint density at radius 2 is 1.93 bits per heavy atom. The van der Waals surface area contributed by atoms with E-state index in [9.17, 15) is 14.4 Å². The highest BCUT2D eigenvalue weighted by atomic mass is 35.5. The van der Waals surface area contributed by atoms with E-state index in [4.69, 9.17) is 27.9 Å². The minimum Gasteiger partial charge on any atom is -0.456 e. The number of cyclic esters (lactones) is 1. The SMILES string of the molecule is O=C1C=C(NC(=O)C(=O)c2cn(Cc3cc(Cl)ccc3Cl)c3ccccc23)CO1. The summed E-state index contributed by atoms with van der Waals surface area (Å²) in [7, 11) is 0. The summed E-state index contributed by atoms with van der Waals surface area (Å²) in [4.78, 5) is 36.3. The van der Waals surface area contributed by atoms with Crippen molar-refractivity contribution in [1.29, 1.82) is 0 Å². The zero-order chi connectivity index (χ0) is 20.5. The smallest absolute Gasteiger partial charge is 0.333 e. The lowest BCUT2D eigenvalue weighted by Gasteiger charge is -2.08. The van der Waals surface area contributed by atoms with Crippen LogP contribution in [0.15, 0.2) is 60.4 Å². The highest BCUT2D eigenvalue weighted by Gasteiger charge is 2.24. The first kappa shape index (κ1) is 19.2. The van der Waals surface area contributed by atoms with Gasteiger partial charge in [0.1, 0.15) is 6.61 Å². The summed E-state index contributed by atoms with van der Waals surface area (Å²) in [5.74, 6) is -2.10. The Bertz CT molecular complexity index is 1200. The summed E-state index contributed by atoms with van der Waals surface area (Å²) in [6.45, 7) is 0.315. The number of esters is 1. The number of aromatic nitrogens is 1. The number of amides is 1. The highest BCUT2D eigenvalue weighted by Crippen LogP contribution is 2.26. The molecule has 146 valence electrons. The summed E-state index contributed by atoms with van der Waals surface area (Å²) in [6, 6.07) is 12.4. The summed E-state index contributed by atoms with van der Waals surface area (Å²) in [6.07, 6.45) is 2.77. The zero-order valence-corrected chi connectivity index (χ0v) is 16.5. The van der Waals surface area contributed by atoms with E-state index in [0.29, 0.717) is 22.0 Å². The summed E-state index contributed by atoms with van der Waals surface area (Å²) < 4.78 is 6.57. The Hall–Kier alpha value is -3.09. The molecule has 0 spiro atoms. The standard InChI is InChI=1S/C21H14Cl2N2O4/c22-13-5-6-17(23)12(7-13)9-25-10-16(15-3-1-2-4-18(15)25)20(27)21(28)24-14-8-19(26)29-11-14/h1-8,10H,9,11H2,(H,24,28). The Morgan fingerprint density at radius 3 is 2.69 bits per heavy atom. The predicted molar refractivity (Wildman–Crippen MR) is 109 cm³/mol. The second kappa shape index (κ2) is 7.73. The lowest BCUT2D eigenvalue weighted by Crippen LogP contribution is -2.31. The van der Waals surface area contributed by atoms with Gasteiger partial charge in [0.25, 0.3) is 11.7 Å². The molecule has 1 aromatic heterocycles. The molecule has 0 saturated carbocycles. The van der Waals surface area contributed by atoms with Crippen LogP contribution in [0.1, 0.15) is 15.9 Å². The van der Waals surface area contributed by atoms with Crippen LogP contribution in [0.4, 0.5) is 0 Å². The molecule has 1 aliphatic heterocycles. The second-order valence-electron chi connectivity index (χ2n) is 6.48. The molecule has 3 aromatic rings. The van der Waals surface area contributed by atoms with E-state index in [0.717, 1.165) is 17.2 Å². The van der Waals surface area contributed by atoms with Gasteiger partial charge in [0.05, 0.1) is 11.3 Å². The van der Waals surface area contributed by atoms with Gasteiger partial charge in [0.15, 0.2) is 0 Å².